The van der Waals surface area contributed by atoms with Gasteiger partial charge in [0.05, 0.1) is 19.3 Å². The summed E-state index contributed by atoms with van der Waals surface area (Å²) in [6.07, 6.45) is 3.85. The van der Waals surface area contributed by atoms with E-state index < -0.39 is 90.4 Å². The number of aromatic hydroxyl groups is 1. The van der Waals surface area contributed by atoms with E-state index in [0.717, 1.165) is 0 Å². The maximum absolute atomic E-state index is 13.7. The zero-order valence-corrected chi connectivity index (χ0v) is 28.6. The number of hydrogen-bond donors (Lipinski definition) is 8. The molecule has 2 aliphatic heterocycles. The second-order valence-corrected chi connectivity index (χ2v) is 12.8. The number of rotatable bonds is 16. The average Bonchev–Trinajstić information content (AvgIpc) is 3.89. The summed E-state index contributed by atoms with van der Waals surface area (Å²) < 4.78 is 0. The fourth-order valence-corrected chi connectivity index (χ4v) is 6.37. The molecule has 0 spiro atoms. The van der Waals surface area contributed by atoms with Crippen molar-refractivity contribution >= 4 is 47.3 Å². The van der Waals surface area contributed by atoms with E-state index in [1.165, 1.54) is 41.4 Å². The molecule has 2 aromatic rings. The molecule has 3 heterocycles. The highest BCUT2D eigenvalue weighted by Crippen LogP contribution is 2.21. The van der Waals surface area contributed by atoms with Crippen molar-refractivity contribution in [3.05, 3.63) is 48.0 Å². The van der Waals surface area contributed by atoms with Gasteiger partial charge in [-0.05, 0) is 43.4 Å². The van der Waals surface area contributed by atoms with E-state index >= 15 is 0 Å². The number of primary amides is 2. The van der Waals surface area contributed by atoms with Crippen molar-refractivity contribution in [2.75, 3.05) is 19.6 Å². The minimum absolute atomic E-state index is 0.00482. The Morgan fingerprint density at radius 3 is 2.10 bits per heavy atom. The van der Waals surface area contributed by atoms with Gasteiger partial charge >= 0.3 is 0 Å². The van der Waals surface area contributed by atoms with Crippen molar-refractivity contribution in [3.63, 3.8) is 0 Å². The van der Waals surface area contributed by atoms with Gasteiger partial charge in [-0.3, -0.25) is 38.4 Å². The van der Waals surface area contributed by atoms with Gasteiger partial charge in [-0.1, -0.05) is 12.1 Å². The number of benzene rings is 1. The minimum atomic E-state index is -1.46. The number of H-pyrrole nitrogens is 1. The Hall–Kier alpha value is -6.01. The maximum Gasteiger partial charge on any atom is 0.246 e. The van der Waals surface area contributed by atoms with Crippen molar-refractivity contribution < 1.29 is 43.5 Å². The van der Waals surface area contributed by atoms with Crippen LogP contribution >= 0.6 is 0 Å². The number of aromatic nitrogens is 2. The highest BCUT2D eigenvalue weighted by atomic mass is 16.3. The molecule has 2 saturated heterocycles. The average molecular weight is 725 g/mol. The Bertz CT molecular complexity index is 1650. The van der Waals surface area contributed by atoms with Crippen molar-refractivity contribution in [2.24, 2.45) is 11.5 Å². The molecule has 2 aliphatic rings. The van der Waals surface area contributed by atoms with Crippen LogP contribution in [0.25, 0.3) is 0 Å². The maximum atomic E-state index is 13.7. The van der Waals surface area contributed by atoms with Gasteiger partial charge in [0.15, 0.2) is 0 Å². The third-order valence-electron chi connectivity index (χ3n) is 8.83. The Kier molecular flexibility index (Phi) is 13.3. The van der Waals surface area contributed by atoms with E-state index in [-0.39, 0.29) is 38.1 Å². The number of nitrogens with one attached hydrogen (secondary N) is 5. The first kappa shape index (κ1) is 38.8. The van der Waals surface area contributed by atoms with Crippen molar-refractivity contribution in [3.8, 4) is 5.75 Å². The van der Waals surface area contributed by atoms with Crippen molar-refractivity contribution in [1.29, 1.82) is 0 Å². The predicted molar refractivity (Wildman–Crippen MR) is 181 cm³/mol. The zero-order chi connectivity index (χ0) is 37.9. The Morgan fingerprint density at radius 1 is 0.865 bits per heavy atom. The zero-order valence-electron chi connectivity index (χ0n) is 28.6. The van der Waals surface area contributed by atoms with Crippen LogP contribution in [0.2, 0.25) is 0 Å². The van der Waals surface area contributed by atoms with Crippen LogP contribution in [0.4, 0.5) is 0 Å². The molecule has 2 fully saturated rings. The summed E-state index contributed by atoms with van der Waals surface area (Å²) in [4.78, 5) is 112. The first-order valence-electron chi connectivity index (χ1n) is 16.8. The lowest BCUT2D eigenvalue weighted by Gasteiger charge is -2.29. The lowest BCUT2D eigenvalue weighted by atomic mass is 10.0. The van der Waals surface area contributed by atoms with E-state index in [1.54, 1.807) is 12.1 Å². The SMILES string of the molecule is CC(=O)N[C@@H](Cc1cnc[nH]1)C(=O)N[C@@H](CC(N)=O)C(=O)N1CCC[C@H]1C(=O)NCC(=O)N[C@@H](Cc1ccc(O)cc1)C(=O)N1CCC[C@H]1C(N)=O. The van der Waals surface area contributed by atoms with Gasteiger partial charge in [-0.25, -0.2) is 4.98 Å². The lowest BCUT2D eigenvalue weighted by Crippen LogP contribution is -2.58. The fourth-order valence-electron chi connectivity index (χ4n) is 6.37. The minimum Gasteiger partial charge on any atom is -0.508 e. The van der Waals surface area contributed by atoms with Gasteiger partial charge in [0.2, 0.25) is 47.3 Å². The molecule has 19 heteroatoms. The number of nitrogens with zero attached hydrogens (tertiary/aromatic N) is 3. The summed E-state index contributed by atoms with van der Waals surface area (Å²) in [5.41, 5.74) is 12.0. The van der Waals surface area contributed by atoms with Gasteiger partial charge in [0.1, 0.15) is 36.0 Å². The Morgan fingerprint density at radius 2 is 1.50 bits per heavy atom. The molecule has 8 amide bonds. The van der Waals surface area contributed by atoms with E-state index in [0.29, 0.717) is 30.5 Å². The van der Waals surface area contributed by atoms with Crippen LogP contribution in [0, 0.1) is 0 Å². The number of amides is 8. The molecular formula is C33H44N10O9. The van der Waals surface area contributed by atoms with Gasteiger partial charge in [-0.2, -0.15) is 0 Å². The second-order valence-electron chi connectivity index (χ2n) is 12.8. The van der Waals surface area contributed by atoms with Crippen LogP contribution in [0.15, 0.2) is 36.8 Å². The van der Waals surface area contributed by atoms with Gasteiger partial charge in [-0.15, -0.1) is 0 Å². The van der Waals surface area contributed by atoms with Crippen LogP contribution in [0.3, 0.4) is 0 Å². The summed E-state index contributed by atoms with van der Waals surface area (Å²) >= 11 is 0. The molecule has 4 rings (SSSR count). The van der Waals surface area contributed by atoms with E-state index in [4.69, 9.17) is 11.5 Å². The topological polar surface area (TPSA) is 292 Å². The molecule has 0 radical (unpaired) electrons. The fraction of sp³-hybridized carbons (Fsp3) is 0.485. The Balaban J connectivity index is 1.41. The first-order valence-corrected chi connectivity index (χ1v) is 16.8. The predicted octanol–water partition coefficient (Wildman–Crippen LogP) is -3.17. The molecule has 0 saturated carbocycles. The largest absolute Gasteiger partial charge is 0.508 e. The van der Waals surface area contributed by atoms with Crippen LogP contribution in [-0.4, -0.2) is 122 Å². The summed E-state index contributed by atoms with van der Waals surface area (Å²) in [5, 5.41) is 19.8. The molecule has 52 heavy (non-hydrogen) atoms. The number of phenolic OH excluding ortho intramolecular Hbond substituents is 1. The summed E-state index contributed by atoms with van der Waals surface area (Å²) in [6, 6.07) is 0.416. The van der Waals surface area contributed by atoms with Crippen LogP contribution in [-0.2, 0) is 51.2 Å². The molecule has 1 aromatic carbocycles. The van der Waals surface area contributed by atoms with Crippen molar-refractivity contribution in [2.45, 2.75) is 82.1 Å². The first-order chi connectivity index (χ1) is 24.7. The molecule has 5 atom stereocenters. The smallest absolute Gasteiger partial charge is 0.246 e. The molecule has 0 bridgehead atoms. The summed E-state index contributed by atoms with van der Waals surface area (Å²) in [6.45, 7) is 1.03. The van der Waals surface area contributed by atoms with E-state index in [9.17, 15) is 43.5 Å². The van der Waals surface area contributed by atoms with Gasteiger partial charge in [0.25, 0.3) is 0 Å². The monoisotopic (exact) mass is 724 g/mol. The number of hydrogen-bond acceptors (Lipinski definition) is 10. The van der Waals surface area contributed by atoms with Gasteiger partial charge < -0.3 is 52.6 Å². The number of phenols is 1. The second kappa shape index (κ2) is 17.8. The summed E-state index contributed by atoms with van der Waals surface area (Å²) in [5.74, 6) is -5.54. The number of carbonyl (C=O) groups is 8. The normalized spacial score (nSPS) is 18.5. The number of imidazole rings is 1. The Labute approximate surface area is 298 Å². The highest BCUT2D eigenvalue weighted by Gasteiger charge is 2.40. The summed E-state index contributed by atoms with van der Waals surface area (Å²) in [7, 11) is 0. The molecule has 10 N–H and O–H groups in total. The third kappa shape index (κ3) is 10.5. The van der Waals surface area contributed by atoms with Crippen LogP contribution < -0.4 is 32.7 Å². The van der Waals surface area contributed by atoms with Crippen molar-refractivity contribution in [1.82, 2.24) is 41.0 Å². The quantitative estimate of drug-likeness (QED) is 0.0859. The molecule has 0 unspecified atom stereocenters. The lowest BCUT2D eigenvalue weighted by molar-refractivity contribution is -0.143. The number of likely N-dealkylation sites (tertiary alicyclic amines) is 2. The molecule has 0 aliphatic carbocycles. The third-order valence-corrected chi connectivity index (χ3v) is 8.83. The number of aromatic amines is 1. The molecule has 19 nitrogen and oxygen atoms in total. The molecule has 280 valence electrons. The van der Waals surface area contributed by atoms with Gasteiger partial charge in [0, 0.05) is 44.7 Å². The molecular weight excluding hydrogens is 680 g/mol. The van der Waals surface area contributed by atoms with E-state index in [2.05, 4.69) is 31.2 Å². The molecule has 1 aromatic heterocycles. The van der Waals surface area contributed by atoms with E-state index in [1.807, 2.05) is 0 Å². The van der Waals surface area contributed by atoms with Crippen LogP contribution in [0.5, 0.6) is 5.75 Å². The standard InChI is InChI=1S/C33H44N10O9/c1-18(44)39-22(13-20-15-36-17-38-20)30(49)41-24(14-27(34)46)33(52)43-11-3-5-26(43)31(50)37-16-28(47)40-23(12-19-6-8-21(45)9-7-19)32(51)42-10-2-4-25(42)29(35)48/h6-9,15,17,22-26,45H,2-5,10-14,16H2,1H3,(H2,34,46)(H2,35,48)(H,36,38)(H,37,50)(H,39,44)(H,40,47)(H,41,49)/t22-,23-,24-,25-,26-/m0/s1. The highest BCUT2D eigenvalue weighted by molar-refractivity contribution is 5.98. The number of carbonyl (C=O) groups excluding carboxylic acids is 8. The number of nitrogens with two attached hydrogens (primary N) is 2. The van der Waals surface area contributed by atoms with Crippen LogP contribution in [0.1, 0.15) is 50.3 Å².